The zero-order valence-corrected chi connectivity index (χ0v) is 7.40. The smallest absolute Gasteiger partial charge is 0.861 e. The molecule has 4 heteroatoms. The van der Waals surface area contributed by atoms with Crippen LogP contribution in [0, 0.1) is 0 Å². The molecule has 2 nitrogen and oxygen atoms in total. The monoisotopic (exact) mass is 127 g/mol. The maximum atomic E-state index is 9.94. The van der Waals surface area contributed by atoms with Crippen LogP contribution >= 0.6 is 12.6 Å². The fourth-order valence-electron chi connectivity index (χ4n) is 0.0707. The van der Waals surface area contributed by atoms with Gasteiger partial charge in [-0.05, 0) is 5.90 Å². The Morgan fingerprint density at radius 2 is 2.29 bits per heavy atom. The summed E-state index contributed by atoms with van der Waals surface area (Å²) in [5.41, 5.74) is 0. The molecule has 0 aliphatic carbocycles. The van der Waals surface area contributed by atoms with Crippen molar-refractivity contribution in [2.24, 2.45) is 4.99 Å². The molecule has 0 saturated heterocycles. The summed E-state index contributed by atoms with van der Waals surface area (Å²) in [6, 6.07) is 0. The minimum atomic E-state index is -0.168. The van der Waals surface area contributed by atoms with Crippen molar-refractivity contribution < 1.29 is 34.7 Å². The van der Waals surface area contributed by atoms with Crippen LogP contribution in [-0.4, -0.2) is 18.7 Å². The van der Waals surface area contributed by atoms with E-state index in [1.807, 2.05) is 0 Å². The van der Waals surface area contributed by atoms with Gasteiger partial charge in [-0.3, -0.25) is 0 Å². The molecule has 0 rings (SSSR count). The molecule has 0 aliphatic heterocycles. The van der Waals surface area contributed by atoms with Gasteiger partial charge in [0.15, 0.2) is 0 Å². The fourth-order valence-corrected chi connectivity index (χ4v) is 0.212. The third-order valence-corrected chi connectivity index (χ3v) is 0.655. The molecule has 0 aromatic rings. The maximum Gasteiger partial charge on any atom is 1.00 e. The molecule has 0 unspecified atom stereocenters. The zero-order valence-electron chi connectivity index (χ0n) is 4.51. The molecule has 36 valence electrons. The molecule has 0 aliphatic rings. The number of nitrogens with zero attached hydrogens (tertiary/aromatic N) is 1. The number of rotatable bonds is 1. The summed E-state index contributed by atoms with van der Waals surface area (Å²) in [6.07, 6.45) is 0. The summed E-state index contributed by atoms with van der Waals surface area (Å²) in [5.74, 6) is 0.0505. The number of hydrogen-bond donors (Lipinski definition) is 1. The second-order valence-corrected chi connectivity index (χ2v) is 1.09. The van der Waals surface area contributed by atoms with Gasteiger partial charge in [-0.2, -0.15) is 12.6 Å². The summed E-state index contributed by atoms with van der Waals surface area (Å²) < 4.78 is 0. The van der Waals surface area contributed by atoms with Crippen molar-refractivity contribution in [3.05, 3.63) is 0 Å². The Kier molecular flexibility index (Phi) is 10.5. The molecule has 0 aromatic heterocycles. The van der Waals surface area contributed by atoms with E-state index in [0.29, 0.717) is 0 Å². The van der Waals surface area contributed by atoms with E-state index in [0.717, 1.165) is 0 Å². The molecule has 7 heavy (non-hydrogen) atoms. The van der Waals surface area contributed by atoms with Crippen molar-refractivity contribution in [1.82, 2.24) is 0 Å². The molecule has 0 fully saturated rings. The van der Waals surface area contributed by atoms with Crippen LogP contribution in [0.3, 0.4) is 0 Å². The van der Waals surface area contributed by atoms with Crippen LogP contribution in [0.4, 0.5) is 0 Å². The molecule has 0 N–H and O–H groups in total. The second kappa shape index (κ2) is 6.82. The van der Waals surface area contributed by atoms with Crippen LogP contribution in [0.2, 0.25) is 0 Å². The van der Waals surface area contributed by atoms with E-state index in [2.05, 4.69) is 17.6 Å². The third-order valence-electron chi connectivity index (χ3n) is 0.385. The minimum absolute atomic E-state index is 0. The number of thiol groups is 1. The summed E-state index contributed by atoms with van der Waals surface area (Å²) in [6.45, 7) is 0. The predicted molar refractivity (Wildman–Crippen MR) is 27.2 cm³/mol. The molecule has 0 spiro atoms. The summed E-state index contributed by atoms with van der Waals surface area (Å²) >= 11 is 3.65. The Bertz CT molecular complexity index is 66.0. The van der Waals surface area contributed by atoms with E-state index in [1.54, 1.807) is 0 Å². The van der Waals surface area contributed by atoms with Gasteiger partial charge in [0.25, 0.3) is 0 Å². The topological polar surface area (TPSA) is 35.4 Å². The first-order valence-corrected chi connectivity index (χ1v) is 2.18. The summed E-state index contributed by atoms with van der Waals surface area (Å²) in [7, 11) is 1.46. The Balaban J connectivity index is 0. The molecule has 0 atom stereocenters. The van der Waals surface area contributed by atoms with Gasteiger partial charge < -0.3 is 10.1 Å². The Labute approximate surface area is 70.7 Å². The largest absolute Gasteiger partial charge is 1.00 e. The van der Waals surface area contributed by atoms with E-state index >= 15 is 0 Å². The second-order valence-electron chi connectivity index (χ2n) is 0.775. The average molecular weight is 127 g/mol. The van der Waals surface area contributed by atoms with E-state index in [1.165, 1.54) is 7.05 Å². The molecule has 0 amide bonds. The van der Waals surface area contributed by atoms with E-state index in [4.69, 9.17) is 0 Å². The van der Waals surface area contributed by atoms with Crippen molar-refractivity contribution in [2.75, 3.05) is 12.8 Å². The van der Waals surface area contributed by atoms with Gasteiger partial charge in [0.1, 0.15) is 0 Å². The normalized spacial score (nSPS) is 10.3. The van der Waals surface area contributed by atoms with Gasteiger partial charge in [0, 0.05) is 12.8 Å². The van der Waals surface area contributed by atoms with Crippen LogP contribution in [0.25, 0.3) is 0 Å². The van der Waals surface area contributed by atoms with E-state index < -0.39 is 0 Å². The van der Waals surface area contributed by atoms with Gasteiger partial charge in [0.05, 0.1) is 0 Å². The Morgan fingerprint density at radius 3 is 2.29 bits per heavy atom. The van der Waals surface area contributed by atoms with Crippen molar-refractivity contribution in [2.45, 2.75) is 0 Å². The first-order chi connectivity index (χ1) is 2.81. The first kappa shape index (κ1) is 10.7. The van der Waals surface area contributed by atoms with Crippen LogP contribution in [-0.2, 0) is 0 Å². The standard InChI is InChI=1S/C3H7NOS.Na/c1-4-3(5)2-6;/h6H,2H2,1H3,(H,4,5);/q;+1/p-1. The van der Waals surface area contributed by atoms with E-state index in [9.17, 15) is 5.11 Å². The molecule has 0 radical (unpaired) electrons. The van der Waals surface area contributed by atoms with Crippen molar-refractivity contribution in [1.29, 1.82) is 0 Å². The van der Waals surface area contributed by atoms with Gasteiger partial charge >= 0.3 is 29.6 Å². The van der Waals surface area contributed by atoms with Crippen molar-refractivity contribution in [3.8, 4) is 0 Å². The average Bonchev–Trinajstić information content (AvgIpc) is 1.65. The third kappa shape index (κ3) is 6.82. The van der Waals surface area contributed by atoms with Gasteiger partial charge in [-0.15, -0.1) is 0 Å². The Morgan fingerprint density at radius 1 is 1.86 bits per heavy atom. The maximum absolute atomic E-state index is 9.94. The number of aliphatic imine (C=N–C) groups is 1. The summed E-state index contributed by atoms with van der Waals surface area (Å²) in [4.78, 5) is 3.29. The predicted octanol–water partition coefficient (Wildman–Crippen LogP) is -3.69. The number of hydrogen-bond acceptors (Lipinski definition) is 3. The van der Waals surface area contributed by atoms with Crippen LogP contribution < -0.4 is 34.7 Å². The molecule has 0 saturated carbocycles. The quantitative estimate of drug-likeness (QED) is 0.167. The molecular formula is C3H6NNaOS. The summed E-state index contributed by atoms with van der Waals surface area (Å²) in [5, 5.41) is 9.94. The van der Waals surface area contributed by atoms with Gasteiger partial charge in [-0.25, -0.2) is 0 Å². The molecule has 0 heterocycles. The van der Waals surface area contributed by atoms with Gasteiger partial charge in [0.2, 0.25) is 0 Å². The van der Waals surface area contributed by atoms with Gasteiger partial charge in [-0.1, -0.05) is 0 Å². The first-order valence-electron chi connectivity index (χ1n) is 1.54. The molecular weight excluding hydrogens is 121 g/mol. The van der Waals surface area contributed by atoms with Crippen LogP contribution in [0.5, 0.6) is 0 Å². The van der Waals surface area contributed by atoms with Crippen molar-refractivity contribution in [3.63, 3.8) is 0 Å². The van der Waals surface area contributed by atoms with Crippen LogP contribution in [0.15, 0.2) is 4.99 Å². The molecule has 0 aromatic carbocycles. The van der Waals surface area contributed by atoms with Crippen molar-refractivity contribution >= 4 is 18.5 Å². The Hall–Kier alpha value is 0.820. The molecule has 0 bridgehead atoms. The fraction of sp³-hybridized carbons (Fsp3) is 0.667. The zero-order chi connectivity index (χ0) is 4.99. The minimum Gasteiger partial charge on any atom is -0.861 e. The SMILES string of the molecule is CN=C([O-])CS.[Na+]. The van der Waals surface area contributed by atoms with E-state index in [-0.39, 0.29) is 41.2 Å². The van der Waals surface area contributed by atoms with Crippen LogP contribution in [0.1, 0.15) is 0 Å².